The topological polar surface area (TPSA) is 46.6 Å². The minimum absolute atomic E-state index is 0.212. The van der Waals surface area contributed by atoms with Gasteiger partial charge in [0.15, 0.2) is 11.6 Å². The number of benzene rings is 2. The van der Waals surface area contributed by atoms with E-state index in [9.17, 15) is 9.59 Å². The third-order valence-electron chi connectivity index (χ3n) is 7.56. The largest absolute Gasteiger partial charge is 0.461 e. The van der Waals surface area contributed by atoms with Gasteiger partial charge in [0.1, 0.15) is 11.5 Å². The molecule has 0 saturated carbocycles. The van der Waals surface area contributed by atoms with E-state index in [0.717, 1.165) is 12.1 Å². The van der Waals surface area contributed by atoms with Gasteiger partial charge in [-0.05, 0) is 53.8 Å². The summed E-state index contributed by atoms with van der Waals surface area (Å²) < 4.78 is 6.23. The summed E-state index contributed by atoms with van der Waals surface area (Å²) in [4.78, 5) is 28.7. The molecular formula is C35H41NO3. The predicted molar refractivity (Wildman–Crippen MR) is 161 cm³/mol. The molecular weight excluding hydrogens is 482 g/mol. The Bertz CT molecular complexity index is 1310. The maximum Gasteiger partial charge on any atom is 0.198 e. The van der Waals surface area contributed by atoms with Crippen molar-refractivity contribution < 1.29 is 14.3 Å². The van der Waals surface area contributed by atoms with Gasteiger partial charge in [0, 0.05) is 35.8 Å². The van der Waals surface area contributed by atoms with Crippen LogP contribution in [0.2, 0.25) is 0 Å². The van der Waals surface area contributed by atoms with Gasteiger partial charge in [0.2, 0.25) is 0 Å². The molecule has 2 aromatic rings. The van der Waals surface area contributed by atoms with Crippen LogP contribution in [0.25, 0.3) is 6.08 Å². The first-order valence-corrected chi connectivity index (χ1v) is 14.2. The van der Waals surface area contributed by atoms with Crippen LogP contribution in [0.3, 0.4) is 0 Å². The van der Waals surface area contributed by atoms with Gasteiger partial charge in [0.25, 0.3) is 0 Å². The lowest BCUT2D eigenvalue weighted by molar-refractivity contribution is 0.0987. The standard InChI is InChI=1S/C35H41NO3/c1-7-9-12-24(8-2)23-36(6)27-18-15-25(16-19-27)17-20-28-21-26(22-31(39-28)35(3,4)5)32-33(37)29-13-10-11-14-30(29)34(32)38/h10-11,13-22,24H,7-9,12,23H2,1-6H3/b20-17+. The van der Waals surface area contributed by atoms with Crippen LogP contribution in [-0.4, -0.2) is 25.2 Å². The quantitative estimate of drug-likeness (QED) is 0.244. The van der Waals surface area contributed by atoms with Crippen LogP contribution in [0.1, 0.15) is 86.6 Å². The summed E-state index contributed by atoms with van der Waals surface area (Å²) in [5.41, 5.74) is 3.71. The van der Waals surface area contributed by atoms with Crippen LogP contribution in [0, 0.1) is 11.3 Å². The van der Waals surface area contributed by atoms with E-state index in [1.807, 2.05) is 18.2 Å². The molecule has 2 aliphatic rings. The Kier molecular flexibility index (Phi) is 8.74. The first-order chi connectivity index (χ1) is 18.6. The molecule has 0 fully saturated rings. The summed E-state index contributed by atoms with van der Waals surface area (Å²) in [5.74, 6) is 1.58. The molecule has 1 aliphatic carbocycles. The number of anilines is 1. The SMILES string of the molecule is CCCCC(CC)CN(C)c1ccc(/C=C/C2=CC(=C3C(=O)c4ccccc4C3=O)C=C(C(C)(C)C)O2)cc1. The number of unbranched alkanes of at least 4 members (excludes halogenated alkanes) is 1. The van der Waals surface area contributed by atoms with Crippen molar-refractivity contribution in [3.05, 3.63) is 106 Å². The van der Waals surface area contributed by atoms with Crippen LogP contribution in [0.4, 0.5) is 5.69 Å². The Labute approximate surface area is 233 Å². The summed E-state index contributed by atoms with van der Waals surface area (Å²) >= 11 is 0. The molecule has 0 bridgehead atoms. The van der Waals surface area contributed by atoms with Gasteiger partial charge in [-0.15, -0.1) is 0 Å². The number of Topliss-reactive ketones (excluding diaryl/α,β-unsaturated/α-hetero) is 2. The van der Waals surface area contributed by atoms with E-state index in [1.54, 1.807) is 30.3 Å². The number of nitrogens with zero attached hydrogens (tertiary/aromatic N) is 1. The molecule has 0 amide bonds. The molecule has 0 radical (unpaired) electrons. The van der Waals surface area contributed by atoms with Crippen molar-refractivity contribution in [1.29, 1.82) is 0 Å². The minimum Gasteiger partial charge on any atom is -0.461 e. The van der Waals surface area contributed by atoms with Crippen LogP contribution >= 0.6 is 0 Å². The zero-order valence-corrected chi connectivity index (χ0v) is 24.2. The van der Waals surface area contributed by atoms with Crippen molar-refractivity contribution in [2.75, 3.05) is 18.5 Å². The fourth-order valence-electron chi connectivity index (χ4n) is 5.06. The first-order valence-electron chi connectivity index (χ1n) is 14.2. The zero-order valence-electron chi connectivity index (χ0n) is 24.2. The van der Waals surface area contributed by atoms with Crippen molar-refractivity contribution in [1.82, 2.24) is 0 Å². The second-order valence-electron chi connectivity index (χ2n) is 11.7. The maximum absolute atomic E-state index is 13.2. The van der Waals surface area contributed by atoms with E-state index < -0.39 is 0 Å². The Morgan fingerprint density at radius 3 is 2.10 bits per heavy atom. The summed E-state index contributed by atoms with van der Waals surface area (Å²) in [7, 11) is 2.17. The molecule has 4 rings (SSSR count). The third kappa shape index (κ3) is 6.50. The lowest BCUT2D eigenvalue weighted by atomic mass is 9.89. The number of ketones is 2. The number of carbonyl (C=O) groups is 2. The highest BCUT2D eigenvalue weighted by atomic mass is 16.5. The van der Waals surface area contributed by atoms with Crippen molar-refractivity contribution in [3.8, 4) is 0 Å². The Morgan fingerprint density at radius 1 is 0.897 bits per heavy atom. The highest BCUT2D eigenvalue weighted by molar-refractivity contribution is 6.40. The Hall–Kier alpha value is -3.66. The molecule has 4 heteroatoms. The van der Waals surface area contributed by atoms with Gasteiger partial charge in [-0.3, -0.25) is 9.59 Å². The van der Waals surface area contributed by atoms with Gasteiger partial charge in [0.05, 0.1) is 5.57 Å². The highest BCUT2D eigenvalue weighted by Crippen LogP contribution is 2.37. The van der Waals surface area contributed by atoms with Gasteiger partial charge < -0.3 is 9.64 Å². The van der Waals surface area contributed by atoms with Crippen LogP contribution < -0.4 is 4.90 Å². The van der Waals surface area contributed by atoms with E-state index in [2.05, 4.69) is 70.8 Å². The molecule has 1 aliphatic heterocycles. The fourth-order valence-corrected chi connectivity index (χ4v) is 5.06. The van der Waals surface area contributed by atoms with Crippen LogP contribution in [-0.2, 0) is 4.74 Å². The molecule has 0 N–H and O–H groups in total. The second kappa shape index (κ2) is 12.0. The number of hydrogen-bond donors (Lipinski definition) is 0. The van der Waals surface area contributed by atoms with Crippen LogP contribution in [0.15, 0.2) is 89.4 Å². The fraction of sp³-hybridized carbons (Fsp3) is 0.371. The van der Waals surface area contributed by atoms with E-state index in [1.165, 1.54) is 31.4 Å². The molecule has 4 nitrogen and oxygen atoms in total. The zero-order chi connectivity index (χ0) is 28.2. The molecule has 39 heavy (non-hydrogen) atoms. The molecule has 0 spiro atoms. The Balaban J connectivity index is 1.56. The third-order valence-corrected chi connectivity index (χ3v) is 7.56. The van der Waals surface area contributed by atoms with E-state index in [0.29, 0.717) is 34.1 Å². The monoisotopic (exact) mass is 523 g/mol. The molecule has 0 aromatic heterocycles. The summed E-state index contributed by atoms with van der Waals surface area (Å²) in [5, 5.41) is 0. The smallest absolute Gasteiger partial charge is 0.198 e. The van der Waals surface area contributed by atoms with Crippen LogP contribution in [0.5, 0.6) is 0 Å². The Morgan fingerprint density at radius 2 is 1.54 bits per heavy atom. The average Bonchev–Trinajstić information content (AvgIpc) is 3.19. The summed E-state index contributed by atoms with van der Waals surface area (Å²) in [6.07, 6.45) is 12.6. The van der Waals surface area contributed by atoms with E-state index in [4.69, 9.17) is 4.74 Å². The average molecular weight is 524 g/mol. The number of ether oxygens (including phenoxy) is 1. The highest BCUT2D eigenvalue weighted by Gasteiger charge is 2.36. The van der Waals surface area contributed by atoms with E-state index >= 15 is 0 Å². The summed E-state index contributed by atoms with van der Waals surface area (Å²) in [6.45, 7) is 11.8. The minimum atomic E-state index is -0.295. The van der Waals surface area contributed by atoms with Crippen molar-refractivity contribution in [2.24, 2.45) is 11.3 Å². The maximum atomic E-state index is 13.2. The van der Waals surface area contributed by atoms with Crippen molar-refractivity contribution >= 4 is 23.3 Å². The van der Waals surface area contributed by atoms with Gasteiger partial charge >= 0.3 is 0 Å². The summed E-state index contributed by atoms with van der Waals surface area (Å²) in [6, 6.07) is 15.6. The number of fused-ring (bicyclic) bond motifs is 1. The van der Waals surface area contributed by atoms with Crippen molar-refractivity contribution in [3.63, 3.8) is 0 Å². The van der Waals surface area contributed by atoms with Gasteiger partial charge in [-0.2, -0.15) is 0 Å². The number of hydrogen-bond acceptors (Lipinski definition) is 4. The number of rotatable bonds is 9. The molecule has 2 aromatic carbocycles. The van der Waals surface area contributed by atoms with Gasteiger partial charge in [-0.25, -0.2) is 0 Å². The second-order valence-corrected chi connectivity index (χ2v) is 11.7. The normalized spacial score (nSPS) is 16.3. The molecule has 0 saturated heterocycles. The molecule has 1 atom stereocenters. The number of carbonyl (C=O) groups excluding carboxylic acids is 2. The lowest BCUT2D eigenvalue weighted by Crippen LogP contribution is -2.25. The van der Waals surface area contributed by atoms with Gasteiger partial charge in [-0.1, -0.05) is 96.4 Å². The molecule has 1 unspecified atom stereocenters. The molecule has 1 heterocycles. The van der Waals surface area contributed by atoms with Crippen molar-refractivity contribution in [2.45, 2.75) is 60.3 Å². The molecule has 204 valence electrons. The first kappa shape index (κ1) is 28.4. The lowest BCUT2D eigenvalue weighted by Gasteiger charge is -2.27. The number of allylic oxidation sites excluding steroid dienone is 6. The van der Waals surface area contributed by atoms with E-state index in [-0.39, 0.29) is 22.6 Å². The predicted octanol–water partition coefficient (Wildman–Crippen LogP) is 8.57.